The van der Waals surface area contributed by atoms with Gasteiger partial charge in [0.25, 0.3) is 0 Å². The second-order valence-electron chi connectivity index (χ2n) is 7.10. The summed E-state index contributed by atoms with van der Waals surface area (Å²) in [4.78, 5) is 14.6. The van der Waals surface area contributed by atoms with E-state index in [4.69, 9.17) is 17.4 Å². The molecule has 0 aliphatic carbocycles. The highest BCUT2D eigenvalue weighted by molar-refractivity contribution is 7.89. The molecule has 0 radical (unpaired) electrons. The van der Waals surface area contributed by atoms with Crippen molar-refractivity contribution in [3.05, 3.63) is 64.4 Å². The van der Waals surface area contributed by atoms with Crippen molar-refractivity contribution < 1.29 is 13.2 Å². The number of rotatable bonds is 6. The fraction of sp³-hybridized carbons (Fsp3) is 0.250. The summed E-state index contributed by atoms with van der Waals surface area (Å²) in [5.41, 5.74) is 2.76. The Morgan fingerprint density at radius 3 is 2.37 bits per heavy atom. The fourth-order valence-electron chi connectivity index (χ4n) is 3.01. The van der Waals surface area contributed by atoms with Crippen LogP contribution in [0.3, 0.4) is 0 Å². The Balaban J connectivity index is 1.80. The average Bonchev–Trinajstić information content (AvgIpc) is 3.07. The third-order valence-corrected chi connectivity index (χ3v) is 6.27. The zero-order valence-corrected chi connectivity index (χ0v) is 18.5. The van der Waals surface area contributed by atoms with Crippen molar-refractivity contribution >= 4 is 28.1 Å². The van der Waals surface area contributed by atoms with Gasteiger partial charge in [0.05, 0.1) is 10.9 Å². The zero-order chi connectivity index (χ0) is 22.1. The molecule has 0 saturated heterocycles. The molecule has 30 heavy (non-hydrogen) atoms. The van der Waals surface area contributed by atoms with E-state index in [1.165, 1.54) is 12.1 Å². The maximum atomic E-state index is 12.9. The van der Waals surface area contributed by atoms with Gasteiger partial charge in [0.1, 0.15) is 6.54 Å². The molecule has 1 atom stereocenters. The Morgan fingerprint density at radius 1 is 1.20 bits per heavy atom. The lowest BCUT2D eigenvalue weighted by atomic mass is 10.1. The van der Waals surface area contributed by atoms with Crippen LogP contribution in [0, 0.1) is 11.7 Å². The van der Waals surface area contributed by atoms with Crippen LogP contribution in [0.25, 0.3) is 11.4 Å². The van der Waals surface area contributed by atoms with Crippen LogP contribution in [0.2, 0.25) is 0 Å². The molecule has 8 nitrogen and oxygen atoms in total. The molecule has 0 spiro atoms. The maximum Gasteiger partial charge on any atom is 0.242 e. The third-order valence-electron chi connectivity index (χ3n) is 5.03. The number of carbonyl (C=O) groups is 1. The smallest absolute Gasteiger partial charge is 0.242 e. The van der Waals surface area contributed by atoms with E-state index >= 15 is 0 Å². The number of aromatic amines is 1. The van der Waals surface area contributed by atoms with E-state index in [0.29, 0.717) is 10.6 Å². The monoisotopic (exact) mass is 445 g/mol. The number of nitrogens with zero attached hydrogens (tertiary/aromatic N) is 3. The number of nitrogens with two attached hydrogens (primary N) is 1. The van der Waals surface area contributed by atoms with Gasteiger partial charge < -0.3 is 4.90 Å². The van der Waals surface area contributed by atoms with Crippen molar-refractivity contribution in [2.45, 2.75) is 31.3 Å². The first-order valence-corrected chi connectivity index (χ1v) is 11.1. The fourth-order valence-corrected chi connectivity index (χ4v) is 3.72. The lowest BCUT2D eigenvalue weighted by Gasteiger charge is -2.26. The Labute approximate surface area is 180 Å². The van der Waals surface area contributed by atoms with Crippen LogP contribution in [-0.2, 0) is 21.4 Å². The first kappa shape index (κ1) is 21.9. The van der Waals surface area contributed by atoms with Gasteiger partial charge >= 0.3 is 0 Å². The number of likely N-dealkylation sites (N-methyl/N-ethyl adjacent to an activating group) is 1. The predicted octanol–water partition coefficient (Wildman–Crippen LogP) is 2.78. The molecule has 1 heterocycles. The minimum Gasteiger partial charge on any atom is -0.337 e. The molecule has 1 aromatic heterocycles. The average molecular weight is 446 g/mol. The van der Waals surface area contributed by atoms with Gasteiger partial charge in [-0.2, -0.15) is 5.10 Å². The molecule has 0 bridgehead atoms. The van der Waals surface area contributed by atoms with E-state index in [1.54, 1.807) is 28.6 Å². The highest BCUT2D eigenvalue weighted by atomic mass is 32.2. The maximum absolute atomic E-state index is 12.9. The molecule has 0 aliphatic rings. The van der Waals surface area contributed by atoms with Gasteiger partial charge in [0.15, 0.2) is 10.6 Å². The van der Waals surface area contributed by atoms with Crippen molar-refractivity contribution in [3.63, 3.8) is 0 Å². The number of primary sulfonamides is 1. The number of sulfonamides is 1. The zero-order valence-electron chi connectivity index (χ0n) is 16.9. The number of hydrogen-bond donors (Lipinski definition) is 2. The Bertz CT molecular complexity index is 1210. The van der Waals surface area contributed by atoms with Crippen molar-refractivity contribution in [2.75, 3.05) is 7.05 Å². The van der Waals surface area contributed by atoms with Crippen molar-refractivity contribution in [1.29, 1.82) is 0 Å². The highest BCUT2D eigenvalue weighted by Gasteiger charge is 2.20. The molecule has 2 aromatic carbocycles. The molecule has 0 aliphatic heterocycles. The second-order valence-corrected chi connectivity index (χ2v) is 9.05. The number of hydrogen-bond acceptors (Lipinski definition) is 5. The number of benzene rings is 2. The molecule has 3 aromatic rings. The summed E-state index contributed by atoms with van der Waals surface area (Å²) in [5.74, 6) is 0.427. The van der Waals surface area contributed by atoms with Gasteiger partial charge in [-0.05, 0) is 43.8 Å². The largest absolute Gasteiger partial charge is 0.337 e. The molecule has 1 unspecified atom stereocenters. The topological polar surface area (TPSA) is 114 Å². The summed E-state index contributed by atoms with van der Waals surface area (Å²) >= 11 is 5.32. The van der Waals surface area contributed by atoms with Crippen LogP contribution in [0.4, 0.5) is 0 Å². The normalized spacial score (nSPS) is 12.5. The van der Waals surface area contributed by atoms with Gasteiger partial charge in [-0.25, -0.2) is 13.6 Å². The van der Waals surface area contributed by atoms with Crippen LogP contribution in [0.1, 0.15) is 24.1 Å². The molecule has 10 heteroatoms. The summed E-state index contributed by atoms with van der Waals surface area (Å²) < 4.78 is 24.9. The first-order chi connectivity index (χ1) is 14.1. The van der Waals surface area contributed by atoms with E-state index in [0.717, 1.165) is 16.7 Å². The van der Waals surface area contributed by atoms with Crippen LogP contribution in [0.15, 0.2) is 53.4 Å². The van der Waals surface area contributed by atoms with E-state index in [9.17, 15) is 13.2 Å². The Hall–Kier alpha value is -2.82. The van der Waals surface area contributed by atoms with Crippen molar-refractivity contribution in [2.24, 2.45) is 5.14 Å². The SMILES string of the molecule is Cc1ccc(-c2n[nH]c(=S)n2CC(=O)N(C)C(C)c2ccc(S(N)(=O)=O)cc2)cc1. The number of aryl methyl sites for hydroxylation is 1. The van der Waals surface area contributed by atoms with Gasteiger partial charge in [0, 0.05) is 12.6 Å². The molecule has 0 fully saturated rings. The quantitative estimate of drug-likeness (QED) is 0.566. The van der Waals surface area contributed by atoms with Crippen LogP contribution >= 0.6 is 12.2 Å². The number of nitrogens with one attached hydrogen (secondary N) is 1. The molecular formula is C20H23N5O3S2. The van der Waals surface area contributed by atoms with Crippen molar-refractivity contribution in [1.82, 2.24) is 19.7 Å². The van der Waals surface area contributed by atoms with Crippen LogP contribution < -0.4 is 5.14 Å². The third kappa shape index (κ3) is 4.66. The number of amides is 1. The van der Waals surface area contributed by atoms with E-state index in [1.807, 2.05) is 38.1 Å². The van der Waals surface area contributed by atoms with E-state index < -0.39 is 10.0 Å². The first-order valence-electron chi connectivity index (χ1n) is 9.18. The molecular weight excluding hydrogens is 422 g/mol. The Kier molecular flexibility index (Phi) is 6.20. The molecule has 3 rings (SSSR count). The summed E-state index contributed by atoms with van der Waals surface area (Å²) in [6.45, 7) is 3.88. The summed E-state index contributed by atoms with van der Waals surface area (Å²) in [6.07, 6.45) is 0. The predicted molar refractivity (Wildman–Crippen MR) is 117 cm³/mol. The van der Waals surface area contributed by atoms with Gasteiger partial charge in [-0.1, -0.05) is 42.0 Å². The van der Waals surface area contributed by atoms with Gasteiger partial charge in [0.2, 0.25) is 15.9 Å². The molecule has 0 saturated carbocycles. The molecule has 158 valence electrons. The minimum absolute atomic E-state index is 0.0225. The van der Waals surface area contributed by atoms with Crippen molar-refractivity contribution in [3.8, 4) is 11.4 Å². The summed E-state index contributed by atoms with van der Waals surface area (Å²) in [5, 5.41) is 12.2. The molecule has 3 N–H and O–H groups in total. The number of carbonyl (C=O) groups excluding carboxylic acids is 1. The summed E-state index contributed by atoms with van der Waals surface area (Å²) in [6, 6.07) is 13.7. The second kappa shape index (κ2) is 8.50. The highest BCUT2D eigenvalue weighted by Crippen LogP contribution is 2.22. The number of H-pyrrole nitrogens is 1. The lowest BCUT2D eigenvalue weighted by molar-refractivity contribution is -0.132. The van der Waals surface area contributed by atoms with Gasteiger partial charge in [-0.3, -0.25) is 14.5 Å². The lowest BCUT2D eigenvalue weighted by Crippen LogP contribution is -2.32. The number of aromatic nitrogens is 3. The van der Waals surface area contributed by atoms with Crippen LogP contribution in [0.5, 0.6) is 0 Å². The minimum atomic E-state index is -3.76. The molecule has 1 amide bonds. The summed E-state index contributed by atoms with van der Waals surface area (Å²) in [7, 11) is -2.07. The van der Waals surface area contributed by atoms with Crippen LogP contribution in [-0.4, -0.2) is 41.0 Å². The van der Waals surface area contributed by atoms with E-state index in [2.05, 4.69) is 10.2 Å². The van der Waals surface area contributed by atoms with Gasteiger partial charge in [-0.15, -0.1) is 0 Å². The standard InChI is InChI=1S/C20H23N5O3S2/c1-13-4-6-16(7-5-13)19-22-23-20(29)25(19)12-18(26)24(3)14(2)15-8-10-17(11-9-15)30(21,27)28/h4-11,14H,12H2,1-3H3,(H,23,29)(H2,21,27,28). The Morgan fingerprint density at radius 2 is 1.80 bits per heavy atom. The van der Waals surface area contributed by atoms with E-state index in [-0.39, 0.29) is 23.4 Å².